The summed E-state index contributed by atoms with van der Waals surface area (Å²) in [5, 5.41) is 1.24. The van der Waals surface area contributed by atoms with Crippen LogP contribution in [0.25, 0.3) is 17.0 Å². The fourth-order valence-corrected chi connectivity index (χ4v) is 5.13. The summed E-state index contributed by atoms with van der Waals surface area (Å²) in [6.07, 6.45) is 1.78. The van der Waals surface area contributed by atoms with Crippen LogP contribution >= 0.6 is 23.4 Å². The molecule has 0 bridgehead atoms. The minimum atomic E-state index is -0.324. The highest BCUT2D eigenvalue weighted by Gasteiger charge is 2.35. The Labute approximate surface area is 205 Å². The van der Waals surface area contributed by atoms with Crippen molar-refractivity contribution < 1.29 is 14.0 Å². The fraction of sp³-hybridized carbons (Fsp3) is 0.111. The molecule has 7 heteroatoms. The summed E-state index contributed by atoms with van der Waals surface area (Å²) >= 11 is 6.87. The van der Waals surface area contributed by atoms with Crippen LogP contribution in [-0.4, -0.2) is 20.6 Å². The lowest BCUT2D eigenvalue weighted by molar-refractivity contribution is -0.123. The van der Waals surface area contributed by atoms with Gasteiger partial charge in [-0.2, -0.15) is 0 Å². The molecule has 1 aromatic heterocycles. The average molecular weight is 491 g/mol. The van der Waals surface area contributed by atoms with E-state index in [1.165, 1.54) is 11.0 Å². The smallest absolute Gasteiger partial charge is 0.293 e. The molecule has 3 aromatic carbocycles. The molecular formula is C27H20ClFN2O2S. The Balaban J connectivity index is 1.51. The van der Waals surface area contributed by atoms with E-state index in [1.807, 2.05) is 41.8 Å². The summed E-state index contributed by atoms with van der Waals surface area (Å²) in [4.78, 5) is 27.4. The lowest BCUT2D eigenvalue weighted by Crippen LogP contribution is -2.27. The molecule has 0 atom stereocenters. The molecule has 2 heterocycles. The molecule has 34 heavy (non-hydrogen) atoms. The van der Waals surface area contributed by atoms with Crippen LogP contribution in [0.4, 0.5) is 9.18 Å². The third-order valence-corrected chi connectivity index (χ3v) is 7.13. The van der Waals surface area contributed by atoms with Crippen LogP contribution in [0.5, 0.6) is 0 Å². The van der Waals surface area contributed by atoms with E-state index < -0.39 is 0 Å². The third-order valence-electron chi connectivity index (χ3n) is 5.97. The lowest BCUT2D eigenvalue weighted by atomic mass is 10.1. The maximum absolute atomic E-state index is 14.4. The van der Waals surface area contributed by atoms with Gasteiger partial charge >= 0.3 is 0 Å². The molecule has 0 radical (unpaired) electrons. The third kappa shape index (κ3) is 4.15. The monoisotopic (exact) mass is 490 g/mol. The number of hydrogen-bond donors (Lipinski definition) is 0. The summed E-state index contributed by atoms with van der Waals surface area (Å²) in [6, 6.07) is 21.6. The first kappa shape index (κ1) is 22.4. The number of hydrogen-bond acceptors (Lipinski definition) is 3. The highest BCUT2D eigenvalue weighted by atomic mass is 35.5. The number of imide groups is 1. The van der Waals surface area contributed by atoms with Gasteiger partial charge in [0, 0.05) is 32.7 Å². The van der Waals surface area contributed by atoms with Crippen molar-refractivity contribution in [2.24, 2.45) is 0 Å². The van der Waals surface area contributed by atoms with Gasteiger partial charge in [0.1, 0.15) is 5.82 Å². The number of carbonyl (C=O) groups excluding carboxylic acids is 2. The minimum absolute atomic E-state index is 0.188. The molecule has 0 saturated carbocycles. The summed E-state index contributed by atoms with van der Waals surface area (Å²) in [5.41, 5.74) is 4.10. The van der Waals surface area contributed by atoms with E-state index in [1.54, 1.807) is 42.5 Å². The Hall–Kier alpha value is -3.35. The summed E-state index contributed by atoms with van der Waals surface area (Å²) in [6.45, 7) is 2.50. The normalized spacial score (nSPS) is 15.1. The van der Waals surface area contributed by atoms with Crippen molar-refractivity contribution in [1.82, 2.24) is 9.47 Å². The number of para-hydroxylation sites is 1. The van der Waals surface area contributed by atoms with Crippen LogP contribution in [0.15, 0.2) is 77.7 Å². The Kier molecular flexibility index (Phi) is 6.02. The second-order valence-electron chi connectivity index (χ2n) is 8.09. The average Bonchev–Trinajstić information content (AvgIpc) is 3.25. The van der Waals surface area contributed by atoms with E-state index >= 15 is 0 Å². The number of fused-ring (bicyclic) bond motifs is 1. The van der Waals surface area contributed by atoms with Gasteiger partial charge in [-0.05, 0) is 54.6 Å². The predicted octanol–water partition coefficient (Wildman–Crippen LogP) is 7.03. The van der Waals surface area contributed by atoms with Crippen molar-refractivity contribution in [1.29, 1.82) is 0 Å². The molecule has 4 aromatic rings. The predicted molar refractivity (Wildman–Crippen MR) is 135 cm³/mol. The summed E-state index contributed by atoms with van der Waals surface area (Å²) in [5.74, 6) is -0.583. The van der Waals surface area contributed by atoms with Gasteiger partial charge in [0.05, 0.1) is 18.0 Å². The van der Waals surface area contributed by atoms with Crippen LogP contribution in [0.2, 0.25) is 5.02 Å². The molecule has 170 valence electrons. The van der Waals surface area contributed by atoms with E-state index in [4.69, 9.17) is 11.6 Å². The molecule has 0 spiro atoms. The number of thioether (sulfide) groups is 1. The van der Waals surface area contributed by atoms with Crippen molar-refractivity contribution in [3.05, 3.63) is 111 Å². The number of amides is 2. The van der Waals surface area contributed by atoms with Crippen molar-refractivity contribution >= 4 is 51.5 Å². The topological polar surface area (TPSA) is 42.3 Å². The van der Waals surface area contributed by atoms with Gasteiger partial charge in [0.25, 0.3) is 11.1 Å². The van der Waals surface area contributed by atoms with Crippen molar-refractivity contribution in [3.8, 4) is 0 Å². The molecule has 1 fully saturated rings. The van der Waals surface area contributed by atoms with Gasteiger partial charge in [0.15, 0.2) is 0 Å². The van der Waals surface area contributed by atoms with Gasteiger partial charge in [-0.3, -0.25) is 14.5 Å². The van der Waals surface area contributed by atoms with E-state index in [-0.39, 0.29) is 23.5 Å². The van der Waals surface area contributed by atoms with Crippen LogP contribution in [-0.2, 0) is 17.9 Å². The van der Waals surface area contributed by atoms with Crippen LogP contribution in [0.3, 0.4) is 0 Å². The largest absolute Gasteiger partial charge is 0.340 e. The Morgan fingerprint density at radius 2 is 1.65 bits per heavy atom. The van der Waals surface area contributed by atoms with Crippen LogP contribution in [0.1, 0.15) is 22.4 Å². The van der Waals surface area contributed by atoms with Crippen molar-refractivity contribution in [2.75, 3.05) is 0 Å². The summed E-state index contributed by atoms with van der Waals surface area (Å²) < 4.78 is 16.4. The number of aromatic nitrogens is 1. The van der Waals surface area contributed by atoms with E-state index in [2.05, 4.69) is 0 Å². The number of nitrogens with zero attached hydrogens (tertiary/aromatic N) is 2. The zero-order valence-corrected chi connectivity index (χ0v) is 19.9. The van der Waals surface area contributed by atoms with Gasteiger partial charge in [0.2, 0.25) is 0 Å². The highest BCUT2D eigenvalue weighted by molar-refractivity contribution is 8.18. The minimum Gasteiger partial charge on any atom is -0.340 e. The lowest BCUT2D eigenvalue weighted by Gasteiger charge is -2.12. The molecule has 1 aliphatic heterocycles. The number of carbonyl (C=O) groups is 2. The Bertz CT molecular complexity index is 1460. The Morgan fingerprint density at radius 3 is 2.41 bits per heavy atom. The van der Waals surface area contributed by atoms with Crippen molar-refractivity contribution in [2.45, 2.75) is 20.0 Å². The van der Waals surface area contributed by atoms with Crippen LogP contribution < -0.4 is 0 Å². The molecule has 0 N–H and O–H groups in total. The molecule has 5 rings (SSSR count). The second kappa shape index (κ2) is 9.12. The summed E-state index contributed by atoms with van der Waals surface area (Å²) in [7, 11) is 0. The van der Waals surface area contributed by atoms with Crippen LogP contribution in [0, 0.1) is 12.7 Å². The molecule has 4 nitrogen and oxygen atoms in total. The first-order chi connectivity index (χ1) is 16.4. The zero-order valence-electron chi connectivity index (χ0n) is 18.3. The van der Waals surface area contributed by atoms with Gasteiger partial charge in [-0.15, -0.1) is 0 Å². The first-order valence-electron chi connectivity index (χ1n) is 10.7. The molecule has 0 unspecified atom stereocenters. The number of rotatable bonds is 5. The molecule has 1 aliphatic rings. The van der Waals surface area contributed by atoms with Gasteiger partial charge in [-0.25, -0.2) is 4.39 Å². The van der Waals surface area contributed by atoms with Crippen molar-refractivity contribution in [3.63, 3.8) is 0 Å². The zero-order chi connectivity index (χ0) is 23.8. The maximum atomic E-state index is 14.4. The molecule has 0 aliphatic carbocycles. The maximum Gasteiger partial charge on any atom is 0.293 e. The number of halogens is 2. The quantitative estimate of drug-likeness (QED) is 0.282. The number of benzene rings is 3. The van der Waals surface area contributed by atoms with Gasteiger partial charge < -0.3 is 4.57 Å². The van der Waals surface area contributed by atoms with E-state index in [0.29, 0.717) is 22.0 Å². The standard InChI is InChI=1S/C27H20ClFN2O2S/c1-17-22(14-25-26(32)31(27(33)34-25)15-18-10-12-20(28)13-11-18)21-7-3-5-9-24(21)30(17)16-19-6-2-4-8-23(19)29/h2-14H,15-16H2,1H3/b25-14-. The molecular weight excluding hydrogens is 471 g/mol. The fourth-order valence-electron chi connectivity index (χ4n) is 4.18. The highest BCUT2D eigenvalue weighted by Crippen LogP contribution is 2.36. The van der Waals surface area contributed by atoms with Gasteiger partial charge in [-0.1, -0.05) is 60.1 Å². The second-order valence-corrected chi connectivity index (χ2v) is 9.52. The SMILES string of the molecule is Cc1c(/C=C2\SC(=O)N(Cc3ccc(Cl)cc3)C2=O)c2ccccc2n1Cc1ccccc1F. The molecule has 1 saturated heterocycles. The molecule has 2 amide bonds. The van der Waals surface area contributed by atoms with E-state index in [0.717, 1.165) is 39.5 Å². The first-order valence-corrected chi connectivity index (χ1v) is 11.9. The Morgan fingerprint density at radius 1 is 0.941 bits per heavy atom. The van der Waals surface area contributed by atoms with E-state index in [9.17, 15) is 14.0 Å².